The van der Waals surface area contributed by atoms with Crippen LogP contribution in [-0.2, 0) is 0 Å². The minimum absolute atomic E-state index is 0.0820. The molecule has 3 heteroatoms. The molecule has 0 saturated heterocycles. The normalized spacial score (nSPS) is 35.1. The molecular formula is C14H23N3. The van der Waals surface area contributed by atoms with Gasteiger partial charge >= 0.3 is 0 Å². The maximum atomic E-state index is 6.01. The summed E-state index contributed by atoms with van der Waals surface area (Å²) in [5, 5.41) is 0. The van der Waals surface area contributed by atoms with Crippen molar-refractivity contribution in [2.45, 2.75) is 51.6 Å². The maximum absolute atomic E-state index is 6.01. The van der Waals surface area contributed by atoms with Gasteiger partial charge in [0.25, 0.3) is 0 Å². The molecule has 0 radical (unpaired) electrons. The number of hydrogen-bond donors (Lipinski definition) is 1. The highest BCUT2D eigenvalue weighted by atomic mass is 15.1. The van der Waals surface area contributed by atoms with Crippen molar-refractivity contribution in [1.82, 2.24) is 9.55 Å². The van der Waals surface area contributed by atoms with Crippen molar-refractivity contribution in [3.63, 3.8) is 0 Å². The van der Waals surface area contributed by atoms with Crippen molar-refractivity contribution in [2.24, 2.45) is 23.5 Å². The summed E-state index contributed by atoms with van der Waals surface area (Å²) in [4.78, 5) is 4.28. The van der Waals surface area contributed by atoms with E-state index in [1.54, 1.807) is 0 Å². The molecule has 2 aliphatic rings. The molecule has 2 fully saturated rings. The summed E-state index contributed by atoms with van der Waals surface area (Å²) in [5.41, 5.74) is 7.19. The lowest BCUT2D eigenvalue weighted by molar-refractivity contribution is 0.238. The Morgan fingerprint density at radius 1 is 1.35 bits per heavy atom. The molecule has 2 aliphatic carbocycles. The fraction of sp³-hybridized carbons (Fsp3) is 0.786. The van der Waals surface area contributed by atoms with Gasteiger partial charge in [-0.3, -0.25) is 0 Å². The van der Waals surface area contributed by atoms with E-state index in [4.69, 9.17) is 5.73 Å². The van der Waals surface area contributed by atoms with Crippen LogP contribution in [0.3, 0.4) is 0 Å². The van der Waals surface area contributed by atoms with Gasteiger partial charge in [-0.15, -0.1) is 0 Å². The number of aromatic nitrogens is 2. The summed E-state index contributed by atoms with van der Waals surface area (Å²) in [7, 11) is 0. The van der Waals surface area contributed by atoms with E-state index in [1.807, 2.05) is 19.4 Å². The molecule has 5 atom stereocenters. The molecular weight excluding hydrogens is 210 g/mol. The Kier molecular flexibility index (Phi) is 2.74. The smallest absolute Gasteiger partial charge is 0.0951 e. The Hall–Kier alpha value is -0.830. The molecule has 0 aliphatic heterocycles. The SMILES string of the molecule is CC(C1CC2CCC1C2)n1cncc1[C@@H](C)N. The average molecular weight is 233 g/mol. The minimum atomic E-state index is 0.0820. The van der Waals surface area contributed by atoms with E-state index in [1.165, 1.54) is 31.4 Å². The van der Waals surface area contributed by atoms with Crippen molar-refractivity contribution in [3.05, 3.63) is 18.2 Å². The van der Waals surface area contributed by atoms with Gasteiger partial charge in [0.2, 0.25) is 0 Å². The second kappa shape index (κ2) is 4.13. The summed E-state index contributed by atoms with van der Waals surface area (Å²) in [6.45, 7) is 4.39. The monoisotopic (exact) mass is 233 g/mol. The van der Waals surface area contributed by atoms with Gasteiger partial charge in [0.1, 0.15) is 0 Å². The number of imidazole rings is 1. The van der Waals surface area contributed by atoms with E-state index in [9.17, 15) is 0 Å². The number of rotatable bonds is 3. The van der Waals surface area contributed by atoms with E-state index in [0.717, 1.165) is 17.8 Å². The lowest BCUT2D eigenvalue weighted by Gasteiger charge is -2.30. The van der Waals surface area contributed by atoms with Crippen LogP contribution in [0.5, 0.6) is 0 Å². The molecule has 0 amide bonds. The number of nitrogens with two attached hydrogens (primary N) is 1. The second-order valence-corrected chi connectivity index (χ2v) is 6.09. The topological polar surface area (TPSA) is 43.8 Å². The predicted molar refractivity (Wildman–Crippen MR) is 68.5 cm³/mol. The zero-order valence-corrected chi connectivity index (χ0v) is 10.8. The van der Waals surface area contributed by atoms with Gasteiger partial charge in [-0.05, 0) is 50.9 Å². The largest absolute Gasteiger partial charge is 0.330 e. The zero-order valence-electron chi connectivity index (χ0n) is 10.8. The van der Waals surface area contributed by atoms with Crippen LogP contribution in [0.25, 0.3) is 0 Å². The van der Waals surface area contributed by atoms with Gasteiger partial charge in [-0.2, -0.15) is 0 Å². The Morgan fingerprint density at radius 2 is 2.18 bits per heavy atom. The van der Waals surface area contributed by atoms with E-state index in [-0.39, 0.29) is 6.04 Å². The third kappa shape index (κ3) is 1.81. The van der Waals surface area contributed by atoms with Gasteiger partial charge < -0.3 is 10.3 Å². The fourth-order valence-corrected chi connectivity index (χ4v) is 4.10. The van der Waals surface area contributed by atoms with Crippen molar-refractivity contribution in [1.29, 1.82) is 0 Å². The van der Waals surface area contributed by atoms with Crippen molar-refractivity contribution in [3.8, 4) is 0 Å². The average Bonchev–Trinajstić information content (AvgIpc) is 3.02. The summed E-state index contributed by atoms with van der Waals surface area (Å²) >= 11 is 0. The van der Waals surface area contributed by atoms with Crippen molar-refractivity contribution in [2.75, 3.05) is 0 Å². The van der Waals surface area contributed by atoms with Crippen LogP contribution in [0, 0.1) is 17.8 Å². The van der Waals surface area contributed by atoms with Gasteiger partial charge in [-0.1, -0.05) is 6.42 Å². The van der Waals surface area contributed by atoms with Crippen LogP contribution in [0.2, 0.25) is 0 Å². The first-order valence-corrected chi connectivity index (χ1v) is 6.94. The first kappa shape index (κ1) is 11.3. The molecule has 2 bridgehead atoms. The molecule has 17 heavy (non-hydrogen) atoms. The summed E-state index contributed by atoms with van der Waals surface area (Å²) in [5.74, 6) is 2.81. The van der Waals surface area contributed by atoms with E-state index >= 15 is 0 Å². The van der Waals surface area contributed by atoms with Gasteiger partial charge in [0.05, 0.1) is 12.0 Å². The molecule has 2 saturated carbocycles. The Balaban J connectivity index is 1.82. The van der Waals surface area contributed by atoms with Crippen molar-refractivity contribution < 1.29 is 0 Å². The Morgan fingerprint density at radius 3 is 2.76 bits per heavy atom. The van der Waals surface area contributed by atoms with Crippen LogP contribution >= 0.6 is 0 Å². The number of fused-ring (bicyclic) bond motifs is 2. The third-order valence-corrected chi connectivity index (χ3v) is 5.01. The zero-order chi connectivity index (χ0) is 12.0. The molecule has 3 rings (SSSR count). The predicted octanol–water partition coefficient (Wildman–Crippen LogP) is 2.90. The highest BCUT2D eigenvalue weighted by molar-refractivity contribution is 5.06. The molecule has 0 spiro atoms. The van der Waals surface area contributed by atoms with Gasteiger partial charge in [0.15, 0.2) is 0 Å². The van der Waals surface area contributed by atoms with Crippen LogP contribution in [0.1, 0.15) is 57.3 Å². The standard InChI is InChI=1S/C14H23N3/c1-9(15)14-7-16-8-17(14)10(2)13-6-11-3-4-12(13)5-11/h7-13H,3-6,15H2,1-2H3/t9-,10?,11?,12?,13?/m1/s1. The second-order valence-electron chi connectivity index (χ2n) is 6.09. The quantitative estimate of drug-likeness (QED) is 0.872. The third-order valence-electron chi connectivity index (χ3n) is 5.01. The molecule has 1 aromatic heterocycles. The Bertz CT molecular complexity index is 396. The first-order valence-electron chi connectivity index (χ1n) is 6.94. The fourth-order valence-electron chi connectivity index (χ4n) is 4.10. The highest BCUT2D eigenvalue weighted by Gasteiger charge is 2.42. The first-order chi connectivity index (χ1) is 8.16. The molecule has 4 unspecified atom stereocenters. The number of hydrogen-bond acceptors (Lipinski definition) is 2. The van der Waals surface area contributed by atoms with Crippen LogP contribution < -0.4 is 5.73 Å². The molecule has 94 valence electrons. The van der Waals surface area contributed by atoms with Crippen LogP contribution in [0.15, 0.2) is 12.5 Å². The highest BCUT2D eigenvalue weighted by Crippen LogP contribution is 2.52. The van der Waals surface area contributed by atoms with E-state index < -0.39 is 0 Å². The van der Waals surface area contributed by atoms with E-state index in [2.05, 4.69) is 16.5 Å². The maximum Gasteiger partial charge on any atom is 0.0951 e. The molecule has 0 aromatic carbocycles. The van der Waals surface area contributed by atoms with Gasteiger partial charge in [0, 0.05) is 18.3 Å². The lowest BCUT2D eigenvalue weighted by atomic mass is 9.84. The number of nitrogens with zero attached hydrogens (tertiary/aromatic N) is 2. The van der Waals surface area contributed by atoms with Crippen molar-refractivity contribution >= 4 is 0 Å². The van der Waals surface area contributed by atoms with Crippen LogP contribution in [0.4, 0.5) is 0 Å². The lowest BCUT2D eigenvalue weighted by Crippen LogP contribution is -2.24. The molecule has 1 heterocycles. The molecule has 1 aromatic rings. The Labute approximate surface area is 103 Å². The molecule has 2 N–H and O–H groups in total. The summed E-state index contributed by atoms with van der Waals surface area (Å²) in [6, 6.07) is 0.646. The minimum Gasteiger partial charge on any atom is -0.330 e. The van der Waals surface area contributed by atoms with E-state index in [0.29, 0.717) is 6.04 Å². The van der Waals surface area contributed by atoms with Gasteiger partial charge in [-0.25, -0.2) is 4.98 Å². The summed E-state index contributed by atoms with van der Waals surface area (Å²) in [6.07, 6.45) is 9.70. The van der Waals surface area contributed by atoms with Crippen LogP contribution in [-0.4, -0.2) is 9.55 Å². The summed E-state index contributed by atoms with van der Waals surface area (Å²) < 4.78 is 2.32. The molecule has 3 nitrogen and oxygen atoms in total.